The highest BCUT2D eigenvalue weighted by Crippen LogP contribution is 2.17. The van der Waals surface area contributed by atoms with Gasteiger partial charge in [0.1, 0.15) is 11.6 Å². The maximum Gasteiger partial charge on any atom is 0.145 e. The summed E-state index contributed by atoms with van der Waals surface area (Å²) in [5, 5.41) is 1.71. The van der Waals surface area contributed by atoms with Crippen LogP contribution in [0.4, 0.5) is 0 Å². The number of benzene rings is 3. The predicted molar refractivity (Wildman–Crippen MR) is 114 cm³/mol. The fraction of sp³-hybridized carbons (Fsp3) is 0.208. The van der Waals surface area contributed by atoms with Gasteiger partial charge in [0.25, 0.3) is 0 Å². The Morgan fingerprint density at radius 1 is 0.821 bits per heavy atom. The number of rotatable bonds is 7. The Kier molecular flexibility index (Phi) is 5.69. The quantitative estimate of drug-likeness (QED) is 0.642. The minimum Gasteiger partial charge on any atom is -0.493 e. The maximum atomic E-state index is 5.95. The number of hydrogen-bond donors (Lipinski definition) is 1. The van der Waals surface area contributed by atoms with Crippen molar-refractivity contribution in [3.8, 4) is 5.75 Å². The second-order valence-electron chi connectivity index (χ2n) is 7.00. The Labute approximate surface area is 166 Å². The molecule has 28 heavy (non-hydrogen) atoms. The number of nitrogens with zero attached hydrogens (tertiary/aromatic N) is 2. The molecule has 0 atom stereocenters. The monoisotopic (exact) mass is 371 g/mol. The molecule has 142 valence electrons. The minimum absolute atomic E-state index is 0.687. The molecular weight excluding hydrogens is 346 g/mol. The van der Waals surface area contributed by atoms with Crippen LogP contribution in [0.3, 0.4) is 0 Å². The van der Waals surface area contributed by atoms with Crippen LogP contribution < -0.4 is 10.6 Å². The average molecular weight is 371 g/mol. The van der Waals surface area contributed by atoms with Gasteiger partial charge >= 0.3 is 0 Å². The molecule has 2 N–H and O–H groups in total. The number of hydrazine groups is 1. The molecule has 3 aromatic rings. The van der Waals surface area contributed by atoms with Crippen LogP contribution in [0.1, 0.15) is 22.3 Å². The third kappa shape index (κ3) is 4.59. The molecule has 0 fully saturated rings. The minimum atomic E-state index is 0.687. The molecule has 0 saturated heterocycles. The van der Waals surface area contributed by atoms with Gasteiger partial charge in [0.15, 0.2) is 0 Å². The van der Waals surface area contributed by atoms with Crippen LogP contribution in [0.2, 0.25) is 0 Å². The van der Waals surface area contributed by atoms with E-state index in [9.17, 15) is 0 Å². The third-order valence-electron chi connectivity index (χ3n) is 4.92. The molecular formula is C24H25N3O. The molecule has 1 heterocycles. The van der Waals surface area contributed by atoms with Crippen molar-refractivity contribution in [3.05, 3.63) is 101 Å². The molecule has 0 aromatic heterocycles. The molecule has 4 heteroatoms. The molecule has 0 spiro atoms. The summed E-state index contributed by atoms with van der Waals surface area (Å²) in [4.78, 5) is 4.46. The van der Waals surface area contributed by atoms with Gasteiger partial charge in [0.2, 0.25) is 0 Å². The van der Waals surface area contributed by atoms with E-state index in [4.69, 9.17) is 10.6 Å². The van der Waals surface area contributed by atoms with Crippen LogP contribution in [0.5, 0.6) is 5.75 Å². The van der Waals surface area contributed by atoms with Gasteiger partial charge in [-0.15, -0.1) is 0 Å². The summed E-state index contributed by atoms with van der Waals surface area (Å²) in [6, 6.07) is 27.3. The lowest BCUT2D eigenvalue weighted by Gasteiger charge is -2.13. The number of hydrogen-bond acceptors (Lipinski definition) is 4. The van der Waals surface area contributed by atoms with Crippen LogP contribution in [0, 0.1) is 0 Å². The zero-order valence-electron chi connectivity index (χ0n) is 15.9. The van der Waals surface area contributed by atoms with Crippen molar-refractivity contribution in [3.63, 3.8) is 0 Å². The highest BCUT2D eigenvalue weighted by Gasteiger charge is 2.14. The van der Waals surface area contributed by atoms with Crippen molar-refractivity contribution >= 4 is 5.84 Å². The van der Waals surface area contributed by atoms with Crippen molar-refractivity contribution in [2.24, 2.45) is 10.8 Å². The normalized spacial score (nSPS) is 13.5. The van der Waals surface area contributed by atoms with Crippen LogP contribution in [-0.4, -0.2) is 30.5 Å². The van der Waals surface area contributed by atoms with Gasteiger partial charge in [-0.05, 0) is 35.2 Å². The fourth-order valence-electron chi connectivity index (χ4n) is 3.36. The van der Waals surface area contributed by atoms with Crippen molar-refractivity contribution in [2.75, 3.05) is 19.7 Å². The largest absolute Gasteiger partial charge is 0.493 e. The summed E-state index contributed by atoms with van der Waals surface area (Å²) < 4.78 is 5.87. The Hall–Kier alpha value is -3.11. The van der Waals surface area contributed by atoms with E-state index in [-0.39, 0.29) is 0 Å². The molecule has 4 rings (SSSR count). The molecule has 0 aliphatic carbocycles. The Morgan fingerprint density at radius 2 is 1.50 bits per heavy atom. The van der Waals surface area contributed by atoms with E-state index in [1.807, 2.05) is 18.2 Å². The zero-order chi connectivity index (χ0) is 19.2. The van der Waals surface area contributed by atoms with Crippen LogP contribution in [-0.2, 0) is 12.8 Å². The van der Waals surface area contributed by atoms with E-state index in [1.165, 1.54) is 16.7 Å². The molecule has 1 aliphatic heterocycles. The standard InChI is InChI=1S/C24H25N3O/c25-27-16-15-26-24(27)22-10-6-20(7-11-22)18-21-8-12-23(13-9-21)28-17-14-19-4-2-1-3-5-19/h1-13H,14-18,25H2. The summed E-state index contributed by atoms with van der Waals surface area (Å²) in [7, 11) is 0. The average Bonchev–Trinajstić information content (AvgIpc) is 3.17. The van der Waals surface area contributed by atoms with Gasteiger partial charge < -0.3 is 4.74 Å². The fourth-order valence-corrected chi connectivity index (χ4v) is 3.36. The van der Waals surface area contributed by atoms with E-state index in [0.29, 0.717) is 6.61 Å². The van der Waals surface area contributed by atoms with Crippen LogP contribution in [0.25, 0.3) is 0 Å². The summed E-state index contributed by atoms with van der Waals surface area (Å²) in [5.41, 5.74) is 4.90. The molecule has 0 bridgehead atoms. The summed E-state index contributed by atoms with van der Waals surface area (Å²) in [5.74, 6) is 7.74. The summed E-state index contributed by atoms with van der Waals surface area (Å²) in [6.07, 6.45) is 1.81. The molecule has 0 saturated carbocycles. The van der Waals surface area contributed by atoms with Gasteiger partial charge in [-0.3, -0.25) is 10.0 Å². The van der Waals surface area contributed by atoms with Gasteiger partial charge in [0.05, 0.1) is 19.7 Å². The zero-order valence-corrected chi connectivity index (χ0v) is 15.9. The van der Waals surface area contributed by atoms with Crippen LogP contribution in [0.15, 0.2) is 83.9 Å². The van der Waals surface area contributed by atoms with Gasteiger partial charge in [-0.1, -0.05) is 66.7 Å². The number of aliphatic imine (C=N–C) groups is 1. The Morgan fingerprint density at radius 3 is 2.14 bits per heavy atom. The SMILES string of the molecule is NN1CCN=C1c1ccc(Cc2ccc(OCCc3ccccc3)cc2)cc1. The molecule has 0 amide bonds. The van der Waals surface area contributed by atoms with Gasteiger partial charge in [-0.2, -0.15) is 0 Å². The smallest absolute Gasteiger partial charge is 0.145 e. The highest BCUT2D eigenvalue weighted by atomic mass is 16.5. The van der Waals surface area contributed by atoms with E-state index in [1.54, 1.807) is 5.01 Å². The van der Waals surface area contributed by atoms with Crippen molar-refractivity contribution < 1.29 is 4.74 Å². The topological polar surface area (TPSA) is 50.8 Å². The van der Waals surface area contributed by atoms with E-state index >= 15 is 0 Å². The van der Waals surface area contributed by atoms with E-state index in [0.717, 1.165) is 43.1 Å². The van der Waals surface area contributed by atoms with Gasteiger partial charge in [-0.25, -0.2) is 5.84 Å². The first-order valence-corrected chi connectivity index (χ1v) is 9.69. The van der Waals surface area contributed by atoms with Crippen molar-refractivity contribution in [1.29, 1.82) is 0 Å². The molecule has 0 radical (unpaired) electrons. The molecule has 4 nitrogen and oxygen atoms in total. The first kappa shape index (κ1) is 18.3. The summed E-state index contributed by atoms with van der Waals surface area (Å²) >= 11 is 0. The van der Waals surface area contributed by atoms with Crippen molar-refractivity contribution in [2.45, 2.75) is 12.8 Å². The first-order chi connectivity index (χ1) is 13.8. The second kappa shape index (κ2) is 8.72. The lowest BCUT2D eigenvalue weighted by atomic mass is 10.0. The number of amidine groups is 1. The first-order valence-electron chi connectivity index (χ1n) is 9.69. The number of nitrogens with two attached hydrogens (primary N) is 1. The second-order valence-corrected chi connectivity index (χ2v) is 7.00. The maximum absolute atomic E-state index is 5.95. The summed E-state index contributed by atoms with van der Waals surface area (Å²) in [6.45, 7) is 2.25. The Bertz CT molecular complexity index is 918. The molecule has 0 unspecified atom stereocenters. The predicted octanol–water partition coefficient (Wildman–Crippen LogP) is 3.83. The molecule has 1 aliphatic rings. The lowest BCUT2D eigenvalue weighted by Crippen LogP contribution is -2.34. The van der Waals surface area contributed by atoms with Crippen molar-refractivity contribution in [1.82, 2.24) is 5.01 Å². The number of ether oxygens (including phenoxy) is 1. The van der Waals surface area contributed by atoms with E-state index in [2.05, 4.69) is 65.7 Å². The van der Waals surface area contributed by atoms with E-state index < -0.39 is 0 Å². The highest BCUT2D eigenvalue weighted by molar-refractivity contribution is 5.99. The molecule has 3 aromatic carbocycles. The lowest BCUT2D eigenvalue weighted by molar-refractivity contribution is 0.322. The Balaban J connectivity index is 1.30. The van der Waals surface area contributed by atoms with Crippen LogP contribution >= 0.6 is 0 Å². The third-order valence-corrected chi connectivity index (χ3v) is 4.92. The van der Waals surface area contributed by atoms with Gasteiger partial charge in [0, 0.05) is 12.0 Å².